The topological polar surface area (TPSA) is 9.23 Å². The van der Waals surface area contributed by atoms with Crippen LogP contribution in [0.15, 0.2) is 12.0 Å². The summed E-state index contributed by atoms with van der Waals surface area (Å²) < 4.78 is 5.35. The first-order valence-corrected chi connectivity index (χ1v) is 6.28. The van der Waals surface area contributed by atoms with Crippen molar-refractivity contribution in [2.75, 3.05) is 6.61 Å². The van der Waals surface area contributed by atoms with Gasteiger partial charge >= 0.3 is 0 Å². The molecule has 0 amide bonds. The average molecular weight is 158 g/mol. The van der Waals surface area contributed by atoms with Gasteiger partial charge in [0.2, 0.25) is 0 Å². The Morgan fingerprint density at radius 3 is 2.10 bits per heavy atom. The highest BCUT2D eigenvalue weighted by molar-refractivity contribution is 6.65. The van der Waals surface area contributed by atoms with Crippen LogP contribution in [-0.4, -0.2) is 15.4 Å². The molecule has 0 aliphatic rings. The van der Waals surface area contributed by atoms with E-state index in [1.165, 1.54) is 12.1 Å². The van der Waals surface area contributed by atoms with Crippen LogP contribution in [0.25, 0.3) is 0 Å². The second-order valence-electron chi connectivity index (χ2n) is 2.41. The molecule has 10 heavy (non-hydrogen) atoms. The van der Waals surface area contributed by atoms with E-state index in [0.29, 0.717) is 0 Å². The van der Waals surface area contributed by atoms with E-state index in [4.69, 9.17) is 4.74 Å². The van der Waals surface area contributed by atoms with Gasteiger partial charge in [0.25, 0.3) is 0 Å². The number of rotatable bonds is 5. The zero-order valence-corrected chi connectivity index (χ0v) is 8.47. The van der Waals surface area contributed by atoms with Crippen LogP contribution in [0.4, 0.5) is 0 Å². The summed E-state index contributed by atoms with van der Waals surface area (Å²) in [5.41, 5.74) is 0. The van der Waals surface area contributed by atoms with E-state index in [1.54, 1.807) is 0 Å². The summed E-state index contributed by atoms with van der Waals surface area (Å²) >= 11 is 0. The third-order valence-corrected chi connectivity index (χ3v) is 4.82. The van der Waals surface area contributed by atoms with Gasteiger partial charge in [0.05, 0.1) is 12.0 Å². The Morgan fingerprint density at radius 1 is 1.30 bits per heavy atom. The van der Waals surface area contributed by atoms with Gasteiger partial charge in [-0.3, -0.25) is 0 Å². The minimum atomic E-state index is -0.721. The zero-order chi connectivity index (χ0) is 7.98. The first-order chi connectivity index (χ1) is 4.76. The molecule has 0 radical (unpaired) electrons. The summed E-state index contributed by atoms with van der Waals surface area (Å²) in [6, 6.07) is 2.55. The van der Waals surface area contributed by atoms with Crippen molar-refractivity contribution in [2.24, 2.45) is 0 Å². The molecule has 0 bridgehead atoms. The molecule has 0 N–H and O–H groups in total. The molecule has 0 aliphatic carbocycles. The molecule has 0 aromatic heterocycles. The molecule has 1 nitrogen and oxygen atoms in total. The van der Waals surface area contributed by atoms with Crippen molar-refractivity contribution < 1.29 is 4.74 Å². The van der Waals surface area contributed by atoms with Crippen LogP contribution in [0.1, 0.15) is 20.8 Å². The van der Waals surface area contributed by atoms with Crippen molar-refractivity contribution in [2.45, 2.75) is 32.9 Å². The van der Waals surface area contributed by atoms with E-state index in [2.05, 4.69) is 20.4 Å². The summed E-state index contributed by atoms with van der Waals surface area (Å²) in [5, 5.41) is 1.09. The van der Waals surface area contributed by atoms with Gasteiger partial charge < -0.3 is 4.74 Å². The molecule has 0 saturated carbocycles. The third kappa shape index (κ3) is 3.06. The van der Waals surface area contributed by atoms with Crippen molar-refractivity contribution in [1.29, 1.82) is 0 Å². The second-order valence-corrected chi connectivity index (χ2v) is 6.08. The highest BCUT2D eigenvalue weighted by Gasteiger charge is 2.09. The summed E-state index contributed by atoms with van der Waals surface area (Å²) in [4.78, 5) is 0. The summed E-state index contributed by atoms with van der Waals surface area (Å²) in [7, 11) is -0.721. The van der Waals surface area contributed by atoms with Crippen molar-refractivity contribution in [3.63, 3.8) is 0 Å². The van der Waals surface area contributed by atoms with Crippen LogP contribution >= 0.6 is 0 Å². The molecule has 0 atom stereocenters. The van der Waals surface area contributed by atoms with Gasteiger partial charge in [0.1, 0.15) is 8.80 Å². The molecule has 0 rings (SSSR count). The van der Waals surface area contributed by atoms with Crippen LogP contribution in [0, 0.1) is 0 Å². The maximum Gasteiger partial charge on any atom is 0.114 e. The Balaban J connectivity index is 3.65. The van der Waals surface area contributed by atoms with E-state index in [0.717, 1.165) is 12.0 Å². The van der Waals surface area contributed by atoms with Crippen molar-refractivity contribution in [3.8, 4) is 0 Å². The molecule has 0 fully saturated rings. The van der Waals surface area contributed by atoms with Gasteiger partial charge in [0.15, 0.2) is 0 Å². The van der Waals surface area contributed by atoms with Crippen LogP contribution in [0.2, 0.25) is 12.1 Å². The van der Waals surface area contributed by atoms with E-state index in [1.807, 2.05) is 6.92 Å². The number of hydrogen-bond acceptors (Lipinski definition) is 1. The molecular formula is C8H18OSi. The van der Waals surface area contributed by atoms with E-state index >= 15 is 0 Å². The normalized spacial score (nSPS) is 10.0. The van der Waals surface area contributed by atoms with Gasteiger partial charge in [0, 0.05) is 0 Å². The summed E-state index contributed by atoms with van der Waals surface area (Å²) in [6.45, 7) is 11.2. The van der Waals surface area contributed by atoms with Crippen molar-refractivity contribution in [3.05, 3.63) is 12.0 Å². The number of hydrogen-bond donors (Lipinski definition) is 0. The van der Waals surface area contributed by atoms with Crippen molar-refractivity contribution in [1.82, 2.24) is 0 Å². The third-order valence-electron chi connectivity index (χ3n) is 1.77. The predicted molar refractivity (Wildman–Crippen MR) is 48.9 cm³/mol. The van der Waals surface area contributed by atoms with Crippen LogP contribution < -0.4 is 0 Å². The summed E-state index contributed by atoms with van der Waals surface area (Å²) in [5.74, 6) is 0. The first kappa shape index (κ1) is 9.76. The molecule has 0 unspecified atom stereocenters. The molecule has 2 heteroatoms. The molecule has 0 aliphatic heterocycles. The highest BCUT2D eigenvalue weighted by atomic mass is 28.3. The van der Waals surface area contributed by atoms with Gasteiger partial charge in [-0.1, -0.05) is 32.5 Å². The van der Waals surface area contributed by atoms with Crippen molar-refractivity contribution >= 4 is 8.80 Å². The fourth-order valence-corrected chi connectivity index (χ4v) is 2.94. The molecule has 60 valence electrons. The molecule has 0 aromatic carbocycles. The zero-order valence-electron chi connectivity index (χ0n) is 7.31. The van der Waals surface area contributed by atoms with Crippen LogP contribution in [0.3, 0.4) is 0 Å². The SMILES string of the molecule is C=C(OCC)[SiH](CC)CC. The lowest BCUT2D eigenvalue weighted by Crippen LogP contribution is -2.15. The number of ether oxygens (including phenoxy) is 1. The smallest absolute Gasteiger partial charge is 0.114 e. The molecule has 0 saturated heterocycles. The van der Waals surface area contributed by atoms with Gasteiger partial charge in [-0.05, 0) is 6.92 Å². The Morgan fingerprint density at radius 2 is 1.80 bits per heavy atom. The standard InChI is InChI=1S/C8H18OSi/c1-5-9-8(4)10(6-2)7-3/h10H,4-7H2,1-3H3. The Bertz CT molecular complexity index is 97.4. The quantitative estimate of drug-likeness (QED) is 0.441. The largest absolute Gasteiger partial charge is 0.504 e. The van der Waals surface area contributed by atoms with E-state index in [9.17, 15) is 0 Å². The minimum absolute atomic E-state index is 0.721. The van der Waals surface area contributed by atoms with Crippen LogP contribution in [-0.2, 0) is 4.74 Å². The maximum absolute atomic E-state index is 5.35. The fraction of sp³-hybridized carbons (Fsp3) is 0.750. The minimum Gasteiger partial charge on any atom is -0.504 e. The monoisotopic (exact) mass is 158 g/mol. The van der Waals surface area contributed by atoms with E-state index in [-0.39, 0.29) is 0 Å². The van der Waals surface area contributed by atoms with Gasteiger partial charge in [-0.25, -0.2) is 0 Å². The van der Waals surface area contributed by atoms with Gasteiger partial charge in [-0.2, -0.15) is 0 Å². The molecular weight excluding hydrogens is 140 g/mol. The first-order valence-electron chi connectivity index (χ1n) is 4.07. The Kier molecular flexibility index (Phi) is 5.40. The maximum atomic E-state index is 5.35. The second kappa shape index (κ2) is 5.53. The molecule has 0 spiro atoms. The van der Waals surface area contributed by atoms with E-state index < -0.39 is 8.80 Å². The average Bonchev–Trinajstić information content (AvgIpc) is 1.91. The van der Waals surface area contributed by atoms with Crippen LogP contribution in [0.5, 0.6) is 0 Å². The fourth-order valence-electron chi connectivity index (χ4n) is 1.05. The summed E-state index contributed by atoms with van der Waals surface area (Å²) in [6.07, 6.45) is 0. The molecule has 0 aromatic rings. The molecule has 0 heterocycles. The lowest BCUT2D eigenvalue weighted by molar-refractivity contribution is 0.253. The lowest BCUT2D eigenvalue weighted by Gasteiger charge is -2.13. The van der Waals surface area contributed by atoms with Gasteiger partial charge in [-0.15, -0.1) is 0 Å². The predicted octanol–water partition coefficient (Wildman–Crippen LogP) is 2.34. The lowest BCUT2D eigenvalue weighted by atomic mass is 10.9. The Hall–Kier alpha value is -0.243. The Labute approximate surface area is 65.7 Å². The highest BCUT2D eigenvalue weighted by Crippen LogP contribution is 2.08.